The van der Waals surface area contributed by atoms with Gasteiger partial charge in [-0.05, 0) is 31.9 Å². The van der Waals surface area contributed by atoms with Gasteiger partial charge in [0.1, 0.15) is 10.6 Å². The predicted molar refractivity (Wildman–Crippen MR) is 77.7 cm³/mol. The molecule has 2 N–H and O–H groups in total. The lowest BCUT2D eigenvalue weighted by atomic mass is 10.3. The first-order chi connectivity index (χ1) is 10.0. The molecule has 0 aromatic carbocycles. The van der Waals surface area contributed by atoms with E-state index in [9.17, 15) is 9.59 Å². The first-order valence-corrected chi connectivity index (χ1v) is 7.39. The molecular weight excluding hydrogens is 292 g/mol. The Bertz CT molecular complexity index is 660. The topological polar surface area (TPSA) is 92.4 Å². The van der Waals surface area contributed by atoms with Crippen LogP contribution < -0.4 is 5.32 Å². The van der Waals surface area contributed by atoms with Crippen LogP contribution in [0.2, 0.25) is 0 Å². The van der Waals surface area contributed by atoms with Gasteiger partial charge < -0.3 is 14.8 Å². The van der Waals surface area contributed by atoms with Gasteiger partial charge in [-0.3, -0.25) is 4.79 Å². The van der Waals surface area contributed by atoms with Crippen LogP contribution >= 0.6 is 11.3 Å². The SMILES string of the molecule is CCCc1nc(C)c(C(=O)NCc2ccc(C(=O)O)o2)s1. The zero-order chi connectivity index (χ0) is 15.4. The maximum atomic E-state index is 12.1. The molecule has 21 heavy (non-hydrogen) atoms. The summed E-state index contributed by atoms with van der Waals surface area (Å²) in [5, 5.41) is 12.4. The molecule has 0 radical (unpaired) electrons. The molecule has 2 rings (SSSR count). The maximum absolute atomic E-state index is 12.1. The summed E-state index contributed by atoms with van der Waals surface area (Å²) >= 11 is 1.39. The highest BCUT2D eigenvalue weighted by atomic mass is 32.1. The standard InChI is InChI=1S/C14H16N2O4S/c1-3-4-11-16-8(2)12(21-11)13(17)15-7-9-5-6-10(20-9)14(18)19/h5-6H,3-4,7H2,1-2H3,(H,15,17)(H,18,19). The molecule has 0 aliphatic carbocycles. The number of aromatic carboxylic acids is 1. The molecule has 0 atom stereocenters. The van der Waals surface area contributed by atoms with Crippen molar-refractivity contribution in [2.75, 3.05) is 0 Å². The molecule has 2 aromatic rings. The third-order valence-electron chi connectivity index (χ3n) is 2.81. The van der Waals surface area contributed by atoms with Gasteiger partial charge in [0.25, 0.3) is 5.91 Å². The molecule has 1 amide bonds. The quantitative estimate of drug-likeness (QED) is 0.855. The molecule has 7 heteroatoms. The fourth-order valence-electron chi connectivity index (χ4n) is 1.82. The smallest absolute Gasteiger partial charge is 0.371 e. The van der Waals surface area contributed by atoms with Crippen LogP contribution in [0.4, 0.5) is 0 Å². The highest BCUT2D eigenvalue weighted by Crippen LogP contribution is 2.19. The van der Waals surface area contributed by atoms with Crippen molar-refractivity contribution in [1.82, 2.24) is 10.3 Å². The van der Waals surface area contributed by atoms with Crippen molar-refractivity contribution in [2.45, 2.75) is 33.2 Å². The lowest BCUT2D eigenvalue weighted by Crippen LogP contribution is -2.22. The second-order valence-electron chi connectivity index (χ2n) is 4.53. The van der Waals surface area contributed by atoms with Crippen molar-refractivity contribution in [2.24, 2.45) is 0 Å². The van der Waals surface area contributed by atoms with Gasteiger partial charge in [-0.1, -0.05) is 6.92 Å². The Morgan fingerprint density at radius 1 is 1.43 bits per heavy atom. The first-order valence-electron chi connectivity index (χ1n) is 6.57. The van der Waals surface area contributed by atoms with Gasteiger partial charge in [-0.25, -0.2) is 9.78 Å². The van der Waals surface area contributed by atoms with Crippen LogP contribution in [0.3, 0.4) is 0 Å². The molecule has 0 unspecified atom stereocenters. The van der Waals surface area contributed by atoms with Gasteiger partial charge in [0.15, 0.2) is 0 Å². The van der Waals surface area contributed by atoms with Crippen LogP contribution in [-0.4, -0.2) is 22.0 Å². The minimum Gasteiger partial charge on any atom is -0.475 e. The molecule has 0 saturated carbocycles. The number of amides is 1. The first kappa shape index (κ1) is 15.2. The summed E-state index contributed by atoms with van der Waals surface area (Å²) in [5.74, 6) is -1.09. The summed E-state index contributed by atoms with van der Waals surface area (Å²) < 4.78 is 5.08. The maximum Gasteiger partial charge on any atom is 0.371 e. The fourth-order valence-corrected chi connectivity index (χ4v) is 2.90. The van der Waals surface area contributed by atoms with Crippen LogP contribution in [0.25, 0.3) is 0 Å². The summed E-state index contributed by atoms with van der Waals surface area (Å²) in [6, 6.07) is 2.90. The van der Waals surface area contributed by atoms with Gasteiger partial charge in [0.2, 0.25) is 5.76 Å². The third kappa shape index (κ3) is 3.69. The molecule has 0 saturated heterocycles. The van der Waals surface area contributed by atoms with Gasteiger partial charge in [-0.15, -0.1) is 11.3 Å². The number of hydrogen-bond acceptors (Lipinski definition) is 5. The van der Waals surface area contributed by atoms with E-state index in [-0.39, 0.29) is 18.2 Å². The zero-order valence-electron chi connectivity index (χ0n) is 11.8. The molecule has 0 aliphatic rings. The second kappa shape index (κ2) is 6.53. The van der Waals surface area contributed by atoms with Gasteiger partial charge in [0.05, 0.1) is 17.2 Å². The number of furan rings is 1. The lowest BCUT2D eigenvalue weighted by molar-refractivity contribution is 0.0660. The molecule has 0 fully saturated rings. The number of carbonyl (C=O) groups is 2. The number of aryl methyl sites for hydroxylation is 2. The number of carboxylic acid groups (broad SMARTS) is 1. The summed E-state index contributed by atoms with van der Waals surface area (Å²) in [4.78, 5) is 27.7. The van der Waals surface area contributed by atoms with Gasteiger partial charge in [0, 0.05) is 0 Å². The van der Waals surface area contributed by atoms with E-state index in [0.29, 0.717) is 16.3 Å². The van der Waals surface area contributed by atoms with E-state index in [4.69, 9.17) is 9.52 Å². The fraction of sp³-hybridized carbons (Fsp3) is 0.357. The van der Waals surface area contributed by atoms with E-state index in [1.165, 1.54) is 23.5 Å². The molecule has 2 heterocycles. The van der Waals surface area contributed by atoms with E-state index in [1.54, 1.807) is 6.92 Å². The summed E-state index contributed by atoms with van der Waals surface area (Å²) in [6.45, 7) is 4.01. The number of nitrogens with zero attached hydrogens (tertiary/aromatic N) is 1. The number of aromatic nitrogens is 1. The Labute approximate surface area is 125 Å². The number of nitrogens with one attached hydrogen (secondary N) is 1. The number of rotatable bonds is 6. The van der Waals surface area contributed by atoms with E-state index in [0.717, 1.165) is 17.8 Å². The number of carbonyl (C=O) groups excluding carboxylic acids is 1. The van der Waals surface area contributed by atoms with Crippen molar-refractivity contribution >= 4 is 23.2 Å². The number of thiazole rings is 1. The van der Waals surface area contributed by atoms with Crippen LogP contribution in [0.5, 0.6) is 0 Å². The van der Waals surface area contributed by atoms with E-state index < -0.39 is 5.97 Å². The number of carboxylic acids is 1. The second-order valence-corrected chi connectivity index (χ2v) is 5.61. The Morgan fingerprint density at radius 2 is 2.19 bits per heavy atom. The highest BCUT2D eigenvalue weighted by Gasteiger charge is 2.16. The minimum atomic E-state index is -1.13. The van der Waals surface area contributed by atoms with E-state index >= 15 is 0 Å². The van der Waals surface area contributed by atoms with Crippen molar-refractivity contribution in [3.63, 3.8) is 0 Å². The Morgan fingerprint density at radius 3 is 2.81 bits per heavy atom. The van der Waals surface area contributed by atoms with E-state index in [2.05, 4.69) is 17.2 Å². The minimum absolute atomic E-state index is 0.140. The molecule has 0 aliphatic heterocycles. The van der Waals surface area contributed by atoms with Crippen LogP contribution in [0, 0.1) is 6.92 Å². The highest BCUT2D eigenvalue weighted by molar-refractivity contribution is 7.13. The molecule has 112 valence electrons. The van der Waals surface area contributed by atoms with Crippen LogP contribution in [0.1, 0.15) is 50.0 Å². The third-order valence-corrected chi connectivity index (χ3v) is 4.02. The Balaban J connectivity index is 1.99. The predicted octanol–water partition coefficient (Wildman–Crippen LogP) is 2.63. The van der Waals surface area contributed by atoms with Crippen LogP contribution in [-0.2, 0) is 13.0 Å². The Hall–Kier alpha value is -2.15. The number of hydrogen-bond donors (Lipinski definition) is 2. The average molecular weight is 308 g/mol. The van der Waals surface area contributed by atoms with Crippen molar-refractivity contribution in [1.29, 1.82) is 0 Å². The van der Waals surface area contributed by atoms with Crippen molar-refractivity contribution in [3.05, 3.63) is 39.2 Å². The van der Waals surface area contributed by atoms with Crippen LogP contribution in [0.15, 0.2) is 16.5 Å². The summed E-state index contributed by atoms with van der Waals surface area (Å²) in [5.41, 5.74) is 0.714. The summed E-state index contributed by atoms with van der Waals surface area (Å²) in [6.07, 6.45) is 1.84. The van der Waals surface area contributed by atoms with Crippen molar-refractivity contribution in [3.8, 4) is 0 Å². The van der Waals surface area contributed by atoms with Gasteiger partial charge in [-0.2, -0.15) is 0 Å². The molecular formula is C14H16N2O4S. The molecule has 0 spiro atoms. The Kier molecular flexibility index (Phi) is 4.74. The van der Waals surface area contributed by atoms with Gasteiger partial charge >= 0.3 is 5.97 Å². The van der Waals surface area contributed by atoms with Crippen molar-refractivity contribution < 1.29 is 19.1 Å². The zero-order valence-corrected chi connectivity index (χ0v) is 12.6. The monoisotopic (exact) mass is 308 g/mol. The molecule has 6 nitrogen and oxygen atoms in total. The summed E-state index contributed by atoms with van der Waals surface area (Å²) in [7, 11) is 0. The largest absolute Gasteiger partial charge is 0.475 e. The normalized spacial score (nSPS) is 10.6. The molecule has 0 bridgehead atoms. The van der Waals surface area contributed by atoms with E-state index in [1.807, 2.05) is 0 Å². The molecule has 2 aromatic heterocycles. The average Bonchev–Trinajstić information content (AvgIpc) is 3.03. The lowest BCUT2D eigenvalue weighted by Gasteiger charge is -2.01.